The van der Waals surface area contributed by atoms with E-state index in [4.69, 9.17) is 23.2 Å². The van der Waals surface area contributed by atoms with Crippen LogP contribution in [0.3, 0.4) is 0 Å². The summed E-state index contributed by atoms with van der Waals surface area (Å²) in [5.74, 6) is 0. The van der Waals surface area contributed by atoms with Crippen molar-refractivity contribution >= 4 is 23.2 Å². The Kier molecular flexibility index (Phi) is 2.85. The predicted octanol–water partition coefficient (Wildman–Crippen LogP) is 2.51. The average molecular weight is 189 g/mol. The fraction of sp³-hybridized carbons (Fsp3) is 0.143. The quantitative estimate of drug-likeness (QED) is 0.668. The summed E-state index contributed by atoms with van der Waals surface area (Å²) in [5, 5.41) is 0.653. The lowest BCUT2D eigenvalue weighted by molar-refractivity contribution is 1.06. The van der Waals surface area contributed by atoms with E-state index in [-0.39, 0.29) is 0 Å². The molecule has 4 heteroatoms. The topological polar surface area (TPSA) is 25.8 Å². The molecule has 2 nitrogen and oxygen atoms in total. The SMILES string of the molecule is C=CCc1ncc(Cl)nc1Cl. The summed E-state index contributed by atoms with van der Waals surface area (Å²) in [5.41, 5.74) is 0.700. The van der Waals surface area contributed by atoms with Gasteiger partial charge in [0.1, 0.15) is 5.15 Å². The van der Waals surface area contributed by atoms with Crippen molar-refractivity contribution in [1.29, 1.82) is 0 Å². The maximum absolute atomic E-state index is 5.70. The van der Waals surface area contributed by atoms with Gasteiger partial charge in [0.25, 0.3) is 0 Å². The van der Waals surface area contributed by atoms with Crippen LogP contribution in [0.2, 0.25) is 10.3 Å². The molecule has 0 fully saturated rings. The lowest BCUT2D eigenvalue weighted by atomic mass is 10.3. The molecule has 0 aliphatic carbocycles. The van der Waals surface area contributed by atoms with E-state index in [0.29, 0.717) is 22.4 Å². The Bertz CT molecular complexity index is 273. The second-order valence-electron chi connectivity index (χ2n) is 1.92. The molecule has 0 saturated carbocycles. The van der Waals surface area contributed by atoms with Crippen molar-refractivity contribution in [2.24, 2.45) is 0 Å². The van der Waals surface area contributed by atoms with Crippen LogP contribution in [0.25, 0.3) is 0 Å². The van der Waals surface area contributed by atoms with E-state index in [0.717, 1.165) is 0 Å². The van der Waals surface area contributed by atoms with Crippen LogP contribution >= 0.6 is 23.2 Å². The van der Waals surface area contributed by atoms with E-state index in [9.17, 15) is 0 Å². The van der Waals surface area contributed by atoms with Gasteiger partial charge in [-0.15, -0.1) is 6.58 Å². The maximum atomic E-state index is 5.70. The van der Waals surface area contributed by atoms with Crippen LogP contribution < -0.4 is 0 Å². The van der Waals surface area contributed by atoms with Crippen LogP contribution in [-0.2, 0) is 6.42 Å². The summed E-state index contributed by atoms with van der Waals surface area (Å²) in [4.78, 5) is 7.78. The standard InChI is InChI=1S/C7H6Cl2N2/c1-2-3-5-7(9)11-6(8)4-10-5/h2,4H,1,3H2. The molecular weight excluding hydrogens is 183 g/mol. The Balaban J connectivity index is 2.98. The number of aromatic nitrogens is 2. The predicted molar refractivity (Wildman–Crippen MR) is 46.0 cm³/mol. The molecule has 0 amide bonds. The van der Waals surface area contributed by atoms with Crippen LogP contribution in [0.4, 0.5) is 0 Å². The molecule has 0 radical (unpaired) electrons. The summed E-state index contributed by atoms with van der Waals surface area (Å²) >= 11 is 11.2. The van der Waals surface area contributed by atoms with Crippen LogP contribution in [-0.4, -0.2) is 9.97 Å². The molecule has 0 bridgehead atoms. The molecule has 0 spiro atoms. The molecule has 11 heavy (non-hydrogen) atoms. The number of hydrogen-bond donors (Lipinski definition) is 0. The summed E-state index contributed by atoms with van der Waals surface area (Å²) in [6.07, 6.45) is 3.79. The van der Waals surface area contributed by atoms with Gasteiger partial charge in [-0.1, -0.05) is 29.3 Å². The zero-order valence-corrected chi connectivity index (χ0v) is 7.23. The Morgan fingerprint density at radius 3 is 2.82 bits per heavy atom. The molecule has 58 valence electrons. The van der Waals surface area contributed by atoms with Crippen LogP contribution in [0.1, 0.15) is 5.69 Å². The van der Waals surface area contributed by atoms with Crippen molar-refractivity contribution < 1.29 is 0 Å². The normalized spacial score (nSPS) is 9.64. The minimum Gasteiger partial charge on any atom is -0.255 e. The highest BCUT2D eigenvalue weighted by Gasteiger charge is 2.01. The number of nitrogens with zero attached hydrogens (tertiary/aromatic N) is 2. The molecule has 0 aliphatic rings. The van der Waals surface area contributed by atoms with Crippen LogP contribution in [0.15, 0.2) is 18.9 Å². The highest BCUT2D eigenvalue weighted by atomic mass is 35.5. The van der Waals surface area contributed by atoms with Gasteiger partial charge in [-0.25, -0.2) is 4.98 Å². The zero-order chi connectivity index (χ0) is 8.27. The number of hydrogen-bond acceptors (Lipinski definition) is 2. The molecule has 0 N–H and O–H groups in total. The Morgan fingerprint density at radius 1 is 1.55 bits per heavy atom. The number of halogens is 2. The van der Waals surface area contributed by atoms with Crippen LogP contribution in [0, 0.1) is 0 Å². The van der Waals surface area contributed by atoms with Crippen LogP contribution in [0.5, 0.6) is 0 Å². The van der Waals surface area contributed by atoms with Crippen molar-refractivity contribution in [2.45, 2.75) is 6.42 Å². The fourth-order valence-electron chi connectivity index (χ4n) is 0.645. The van der Waals surface area contributed by atoms with Gasteiger partial charge < -0.3 is 0 Å². The summed E-state index contributed by atoms with van der Waals surface area (Å²) in [6, 6.07) is 0. The molecule has 1 aromatic rings. The Labute approximate surface area is 74.9 Å². The smallest absolute Gasteiger partial charge is 0.152 e. The van der Waals surface area contributed by atoms with Gasteiger partial charge >= 0.3 is 0 Å². The lowest BCUT2D eigenvalue weighted by Crippen LogP contribution is -1.91. The first-order valence-corrected chi connectivity index (χ1v) is 3.77. The largest absolute Gasteiger partial charge is 0.255 e. The number of allylic oxidation sites excluding steroid dienone is 1. The number of rotatable bonds is 2. The summed E-state index contributed by atoms with van der Waals surface area (Å²) < 4.78 is 0. The first kappa shape index (κ1) is 8.50. The van der Waals surface area contributed by atoms with Crippen molar-refractivity contribution in [1.82, 2.24) is 9.97 Å². The molecular formula is C7H6Cl2N2. The lowest BCUT2D eigenvalue weighted by Gasteiger charge is -1.97. The highest BCUT2D eigenvalue weighted by molar-refractivity contribution is 6.32. The summed E-state index contributed by atoms with van der Waals surface area (Å²) in [7, 11) is 0. The zero-order valence-electron chi connectivity index (χ0n) is 5.72. The third-order valence-electron chi connectivity index (χ3n) is 1.11. The molecule has 1 aromatic heterocycles. The first-order valence-electron chi connectivity index (χ1n) is 3.02. The van der Waals surface area contributed by atoms with Gasteiger partial charge in [0.15, 0.2) is 5.15 Å². The minimum atomic E-state index is 0.308. The van der Waals surface area contributed by atoms with E-state index >= 15 is 0 Å². The fourth-order valence-corrected chi connectivity index (χ4v) is 1.04. The molecule has 1 rings (SSSR count). The minimum absolute atomic E-state index is 0.308. The maximum Gasteiger partial charge on any atom is 0.152 e. The molecule has 0 saturated heterocycles. The monoisotopic (exact) mass is 188 g/mol. The van der Waals surface area contributed by atoms with E-state index in [1.54, 1.807) is 6.08 Å². The summed E-state index contributed by atoms with van der Waals surface area (Å²) in [6.45, 7) is 3.56. The third-order valence-corrected chi connectivity index (χ3v) is 1.59. The first-order chi connectivity index (χ1) is 5.24. The molecule has 0 aliphatic heterocycles. The second kappa shape index (κ2) is 3.69. The van der Waals surface area contributed by atoms with Gasteiger partial charge in [0, 0.05) is 6.42 Å². The van der Waals surface area contributed by atoms with Gasteiger partial charge in [0.05, 0.1) is 11.9 Å². The van der Waals surface area contributed by atoms with Gasteiger partial charge in [-0.3, -0.25) is 4.98 Å². The molecule has 0 atom stereocenters. The van der Waals surface area contributed by atoms with E-state index in [1.165, 1.54) is 6.20 Å². The van der Waals surface area contributed by atoms with Crippen molar-refractivity contribution in [3.05, 3.63) is 34.9 Å². The highest BCUT2D eigenvalue weighted by Crippen LogP contribution is 2.13. The Hall–Kier alpha value is -0.600. The van der Waals surface area contributed by atoms with Crippen molar-refractivity contribution in [2.75, 3.05) is 0 Å². The molecule has 0 aromatic carbocycles. The third kappa shape index (κ3) is 2.17. The molecule has 1 heterocycles. The van der Waals surface area contributed by atoms with E-state index in [2.05, 4.69) is 16.5 Å². The molecule has 0 unspecified atom stereocenters. The van der Waals surface area contributed by atoms with E-state index in [1.807, 2.05) is 0 Å². The van der Waals surface area contributed by atoms with Gasteiger partial charge in [0.2, 0.25) is 0 Å². The van der Waals surface area contributed by atoms with E-state index < -0.39 is 0 Å². The second-order valence-corrected chi connectivity index (χ2v) is 2.67. The average Bonchev–Trinajstić information content (AvgIpc) is 1.95. The van der Waals surface area contributed by atoms with Crippen molar-refractivity contribution in [3.63, 3.8) is 0 Å². The van der Waals surface area contributed by atoms with Gasteiger partial charge in [-0.05, 0) is 0 Å². The van der Waals surface area contributed by atoms with Gasteiger partial charge in [-0.2, -0.15) is 0 Å². The Morgan fingerprint density at radius 2 is 2.27 bits per heavy atom. The van der Waals surface area contributed by atoms with Crippen molar-refractivity contribution in [3.8, 4) is 0 Å².